The Labute approximate surface area is 148 Å². The molecule has 2 atom stereocenters. The first-order chi connectivity index (χ1) is 11.5. The van der Waals surface area contributed by atoms with Crippen LogP contribution in [0.15, 0.2) is 30.3 Å². The normalized spacial score (nSPS) is 13.8. The summed E-state index contributed by atoms with van der Waals surface area (Å²) in [7, 11) is 0. The van der Waals surface area contributed by atoms with Crippen molar-refractivity contribution in [2.75, 3.05) is 11.9 Å². The average molecular weight is 349 g/mol. The lowest BCUT2D eigenvalue weighted by Crippen LogP contribution is -2.27. The maximum atomic E-state index is 9.50. The van der Waals surface area contributed by atoms with Gasteiger partial charge in [-0.05, 0) is 35.4 Å². The molecule has 0 fully saturated rings. The Morgan fingerprint density at radius 2 is 1.79 bits per heavy atom. The van der Waals surface area contributed by atoms with Gasteiger partial charge in [0.15, 0.2) is 0 Å². The molecule has 2 unspecified atom stereocenters. The molecule has 6 heteroatoms. The first-order valence-electron chi connectivity index (χ1n) is 8.30. The van der Waals surface area contributed by atoms with Crippen molar-refractivity contribution in [2.24, 2.45) is 5.92 Å². The van der Waals surface area contributed by atoms with Gasteiger partial charge < -0.3 is 10.4 Å². The molecule has 24 heavy (non-hydrogen) atoms. The number of nitrogens with one attached hydrogen (secondary N) is 1. The molecular weight excluding hydrogens is 324 g/mol. The summed E-state index contributed by atoms with van der Waals surface area (Å²) in [5.41, 5.74) is 1.23. The molecule has 0 radical (unpaired) electrons. The predicted molar refractivity (Wildman–Crippen MR) is 97.3 cm³/mol. The minimum atomic E-state index is -0.0946. The minimum absolute atomic E-state index is 0.0250. The fourth-order valence-electron chi connectivity index (χ4n) is 2.65. The van der Waals surface area contributed by atoms with Crippen molar-refractivity contribution in [1.29, 1.82) is 0 Å². The zero-order chi connectivity index (χ0) is 17.5. The van der Waals surface area contributed by atoms with E-state index in [2.05, 4.69) is 53.2 Å². The number of hydrogen-bond acceptors (Lipinski definition) is 5. The van der Waals surface area contributed by atoms with Crippen LogP contribution in [0.25, 0.3) is 0 Å². The van der Waals surface area contributed by atoms with Crippen LogP contribution in [-0.2, 0) is 6.42 Å². The molecule has 2 rings (SSSR count). The van der Waals surface area contributed by atoms with Crippen LogP contribution in [0.1, 0.15) is 44.5 Å². The van der Waals surface area contributed by atoms with Crippen molar-refractivity contribution in [3.8, 4) is 0 Å². The second-order valence-corrected chi connectivity index (χ2v) is 6.85. The van der Waals surface area contributed by atoms with E-state index < -0.39 is 0 Å². The Hall–Kier alpha value is -1.72. The Kier molecular flexibility index (Phi) is 6.94. The topological polar surface area (TPSA) is 70.9 Å². The van der Waals surface area contributed by atoms with Gasteiger partial charge in [-0.15, -0.1) is 0 Å². The molecule has 0 saturated heterocycles. The maximum absolute atomic E-state index is 9.50. The molecule has 1 heterocycles. The summed E-state index contributed by atoms with van der Waals surface area (Å²) in [6, 6.07) is 10.1. The third-order valence-electron chi connectivity index (χ3n) is 3.82. The molecule has 0 amide bonds. The van der Waals surface area contributed by atoms with Gasteiger partial charge in [0.1, 0.15) is 5.82 Å². The van der Waals surface area contributed by atoms with Crippen LogP contribution < -0.4 is 5.32 Å². The van der Waals surface area contributed by atoms with Gasteiger partial charge in [0.2, 0.25) is 11.2 Å². The van der Waals surface area contributed by atoms with E-state index in [9.17, 15) is 5.11 Å². The number of halogens is 1. The zero-order valence-electron chi connectivity index (χ0n) is 14.4. The highest BCUT2D eigenvalue weighted by Crippen LogP contribution is 2.20. The zero-order valence-corrected chi connectivity index (χ0v) is 15.2. The molecule has 0 spiro atoms. The molecule has 2 N–H and O–H groups in total. The van der Waals surface area contributed by atoms with E-state index >= 15 is 0 Å². The van der Waals surface area contributed by atoms with E-state index in [0.29, 0.717) is 24.1 Å². The van der Waals surface area contributed by atoms with Crippen molar-refractivity contribution in [3.05, 3.63) is 47.0 Å². The molecule has 130 valence electrons. The van der Waals surface area contributed by atoms with Crippen LogP contribution in [0.5, 0.6) is 0 Å². The third kappa shape index (κ3) is 5.73. The Bertz CT molecular complexity index is 636. The van der Waals surface area contributed by atoms with Crippen molar-refractivity contribution in [2.45, 2.75) is 45.6 Å². The van der Waals surface area contributed by atoms with Crippen LogP contribution in [0.4, 0.5) is 5.95 Å². The Morgan fingerprint density at radius 1 is 1.08 bits per heavy atom. The standard InChI is InChI=1S/C18H25ClN4O/c1-12(2)9-15(11-24)20-18-22-16(21-17(19)23-18)10-13(3)14-7-5-4-6-8-14/h4-8,12-13,15,24H,9-11H2,1-3H3,(H,20,21,22,23). The fraction of sp³-hybridized carbons (Fsp3) is 0.500. The molecule has 0 aliphatic heterocycles. The van der Waals surface area contributed by atoms with Crippen LogP contribution in [0, 0.1) is 5.92 Å². The van der Waals surface area contributed by atoms with E-state index in [4.69, 9.17) is 11.6 Å². The monoisotopic (exact) mass is 348 g/mol. The number of nitrogens with zero attached hydrogens (tertiary/aromatic N) is 3. The highest BCUT2D eigenvalue weighted by molar-refractivity contribution is 6.28. The fourth-order valence-corrected chi connectivity index (χ4v) is 2.83. The smallest absolute Gasteiger partial charge is 0.227 e. The van der Waals surface area contributed by atoms with Gasteiger partial charge in [0, 0.05) is 6.42 Å². The number of benzene rings is 1. The second kappa shape index (κ2) is 8.94. The number of aliphatic hydroxyl groups is 1. The Morgan fingerprint density at radius 3 is 2.42 bits per heavy atom. The van der Waals surface area contributed by atoms with Crippen molar-refractivity contribution >= 4 is 17.5 Å². The lowest BCUT2D eigenvalue weighted by atomic mass is 9.98. The molecule has 5 nitrogen and oxygen atoms in total. The number of aliphatic hydroxyl groups excluding tert-OH is 1. The molecule has 1 aromatic heterocycles. The van der Waals surface area contributed by atoms with Gasteiger partial charge in [0.25, 0.3) is 0 Å². The van der Waals surface area contributed by atoms with Gasteiger partial charge in [-0.2, -0.15) is 9.97 Å². The van der Waals surface area contributed by atoms with E-state index in [1.807, 2.05) is 18.2 Å². The number of hydrogen-bond donors (Lipinski definition) is 2. The molecular formula is C18H25ClN4O. The summed E-state index contributed by atoms with van der Waals surface area (Å²) >= 11 is 6.05. The summed E-state index contributed by atoms with van der Waals surface area (Å²) in [5.74, 6) is 1.81. The van der Waals surface area contributed by atoms with Gasteiger partial charge >= 0.3 is 0 Å². The number of anilines is 1. The average Bonchev–Trinajstić information content (AvgIpc) is 2.54. The molecule has 0 bridgehead atoms. The van der Waals surface area contributed by atoms with Crippen LogP contribution >= 0.6 is 11.6 Å². The summed E-state index contributed by atoms with van der Waals surface area (Å²) in [4.78, 5) is 12.8. The van der Waals surface area contributed by atoms with Gasteiger partial charge in [0.05, 0.1) is 12.6 Å². The predicted octanol–water partition coefficient (Wildman–Crippen LogP) is 3.69. The second-order valence-electron chi connectivity index (χ2n) is 6.51. The summed E-state index contributed by atoms with van der Waals surface area (Å²) in [6.07, 6.45) is 1.50. The first-order valence-corrected chi connectivity index (χ1v) is 8.68. The molecule has 0 aliphatic carbocycles. The molecule has 1 aromatic carbocycles. The maximum Gasteiger partial charge on any atom is 0.227 e. The summed E-state index contributed by atoms with van der Waals surface area (Å²) in [5, 5.41) is 12.8. The van der Waals surface area contributed by atoms with Crippen LogP contribution in [0.3, 0.4) is 0 Å². The van der Waals surface area contributed by atoms with Crippen molar-refractivity contribution < 1.29 is 5.11 Å². The van der Waals surface area contributed by atoms with Gasteiger partial charge in [-0.3, -0.25) is 0 Å². The van der Waals surface area contributed by atoms with E-state index in [0.717, 1.165) is 6.42 Å². The molecule has 2 aromatic rings. The van der Waals surface area contributed by atoms with E-state index in [1.54, 1.807) is 0 Å². The summed E-state index contributed by atoms with van der Waals surface area (Å²) < 4.78 is 0. The highest BCUT2D eigenvalue weighted by atomic mass is 35.5. The van der Waals surface area contributed by atoms with E-state index in [1.165, 1.54) is 5.56 Å². The summed E-state index contributed by atoms with van der Waals surface area (Å²) in [6.45, 7) is 6.38. The third-order valence-corrected chi connectivity index (χ3v) is 3.99. The van der Waals surface area contributed by atoms with Crippen LogP contribution in [0.2, 0.25) is 5.28 Å². The Balaban J connectivity index is 2.10. The lowest BCUT2D eigenvalue weighted by Gasteiger charge is -2.18. The lowest BCUT2D eigenvalue weighted by molar-refractivity contribution is 0.259. The van der Waals surface area contributed by atoms with Gasteiger partial charge in [-0.1, -0.05) is 51.1 Å². The number of rotatable bonds is 8. The van der Waals surface area contributed by atoms with E-state index in [-0.39, 0.29) is 23.9 Å². The molecule has 0 aliphatic rings. The SMILES string of the molecule is CC(C)CC(CO)Nc1nc(Cl)nc(CC(C)c2ccccc2)n1. The van der Waals surface area contributed by atoms with Crippen molar-refractivity contribution in [1.82, 2.24) is 15.0 Å². The minimum Gasteiger partial charge on any atom is -0.394 e. The quantitative estimate of drug-likeness (QED) is 0.761. The highest BCUT2D eigenvalue weighted by Gasteiger charge is 2.15. The van der Waals surface area contributed by atoms with Crippen LogP contribution in [-0.4, -0.2) is 32.7 Å². The van der Waals surface area contributed by atoms with Crippen molar-refractivity contribution in [3.63, 3.8) is 0 Å². The van der Waals surface area contributed by atoms with Gasteiger partial charge in [-0.25, -0.2) is 4.98 Å². The largest absolute Gasteiger partial charge is 0.394 e. The number of aromatic nitrogens is 3. The molecule has 0 saturated carbocycles. The first kappa shape index (κ1) is 18.6.